The molecule has 1 fully saturated rings. The number of nitrogens with zero attached hydrogens (tertiary/aromatic N) is 2. The molecule has 0 spiro atoms. The van der Waals surface area contributed by atoms with Crippen molar-refractivity contribution in [3.8, 4) is 12.0 Å². The van der Waals surface area contributed by atoms with E-state index in [1.54, 1.807) is 0 Å². The van der Waals surface area contributed by atoms with E-state index >= 15 is 0 Å². The van der Waals surface area contributed by atoms with E-state index in [0.717, 1.165) is 24.0 Å². The van der Waals surface area contributed by atoms with Gasteiger partial charge < -0.3 is 9.47 Å². The highest BCUT2D eigenvalue weighted by Crippen LogP contribution is 2.20. The van der Waals surface area contributed by atoms with E-state index in [9.17, 15) is 4.79 Å². The van der Waals surface area contributed by atoms with Gasteiger partial charge in [-0.3, -0.25) is 4.79 Å². The average molecular weight is 252 g/mol. The van der Waals surface area contributed by atoms with Crippen molar-refractivity contribution in [2.75, 3.05) is 13.1 Å². The summed E-state index contributed by atoms with van der Waals surface area (Å²) in [5.41, 5.74) is 1.76. The fourth-order valence-electron chi connectivity index (χ4n) is 2.55. The first-order valence-corrected chi connectivity index (χ1v) is 6.61. The Bertz CT molecular complexity index is 682. The van der Waals surface area contributed by atoms with Gasteiger partial charge in [0.05, 0.1) is 5.56 Å². The molecule has 0 amide bonds. The third-order valence-electron chi connectivity index (χ3n) is 3.58. The molecule has 3 heteroatoms. The molecule has 3 nitrogen and oxygen atoms in total. The number of fused-ring (bicyclic) bond motifs is 1. The molecule has 2 heterocycles. The number of benzene rings is 1. The molecule has 0 unspecified atom stereocenters. The highest BCUT2D eigenvalue weighted by Gasteiger charge is 2.12. The number of carbonyl (C=O) groups is 1. The van der Waals surface area contributed by atoms with E-state index in [2.05, 4.69) is 12.0 Å². The topological polar surface area (TPSA) is 25.2 Å². The van der Waals surface area contributed by atoms with Crippen LogP contribution in [0.4, 0.5) is 0 Å². The number of para-hydroxylation sites is 1. The maximum Gasteiger partial charge on any atom is 0.239 e. The Kier molecular flexibility index (Phi) is 3.00. The standard InChI is InChI=1S/C16H16N2O/c1-17-12-14(13-6-2-3-7-15(13)17)16(19)8-11-18-9-4-5-10-18/h2-3,6-7,12H,4-5,9-10H2,1H3. The Morgan fingerprint density at radius 1 is 1.21 bits per heavy atom. The van der Waals surface area contributed by atoms with Crippen LogP contribution in [0.5, 0.6) is 0 Å². The van der Waals surface area contributed by atoms with Crippen LogP contribution in [0.1, 0.15) is 23.2 Å². The summed E-state index contributed by atoms with van der Waals surface area (Å²) in [5, 5.41) is 0.978. The number of Topliss-reactive ketones (excluding diaryl/α,β-unsaturated/α-hetero) is 1. The van der Waals surface area contributed by atoms with Crippen LogP contribution in [0, 0.1) is 12.0 Å². The van der Waals surface area contributed by atoms with Crippen molar-refractivity contribution in [1.29, 1.82) is 0 Å². The fourth-order valence-corrected chi connectivity index (χ4v) is 2.55. The normalized spacial score (nSPS) is 14.5. The molecule has 2 aromatic rings. The van der Waals surface area contributed by atoms with E-state index in [1.807, 2.05) is 47.0 Å². The summed E-state index contributed by atoms with van der Waals surface area (Å²) >= 11 is 0. The minimum absolute atomic E-state index is 0.0938. The molecule has 1 saturated heterocycles. The number of hydrogen-bond donors (Lipinski definition) is 0. The van der Waals surface area contributed by atoms with Gasteiger partial charge in [-0.25, -0.2) is 0 Å². The van der Waals surface area contributed by atoms with Crippen LogP contribution < -0.4 is 0 Å². The smallest absolute Gasteiger partial charge is 0.239 e. The lowest BCUT2D eigenvalue weighted by Crippen LogP contribution is -2.12. The van der Waals surface area contributed by atoms with Gasteiger partial charge in [0.15, 0.2) is 0 Å². The molecule has 1 aromatic carbocycles. The van der Waals surface area contributed by atoms with Gasteiger partial charge in [-0.1, -0.05) is 18.2 Å². The highest BCUT2D eigenvalue weighted by atomic mass is 16.1. The molecule has 0 aliphatic carbocycles. The zero-order valence-corrected chi connectivity index (χ0v) is 11.0. The van der Waals surface area contributed by atoms with E-state index in [1.165, 1.54) is 12.8 Å². The fraction of sp³-hybridized carbons (Fsp3) is 0.312. The molecule has 1 aliphatic heterocycles. The number of ketones is 1. The van der Waals surface area contributed by atoms with Gasteiger partial charge >= 0.3 is 0 Å². The lowest BCUT2D eigenvalue weighted by atomic mass is 10.1. The third-order valence-corrected chi connectivity index (χ3v) is 3.58. The Labute approximate surface area is 112 Å². The molecule has 0 saturated carbocycles. The zero-order valence-electron chi connectivity index (χ0n) is 11.0. The van der Waals surface area contributed by atoms with Gasteiger partial charge in [0, 0.05) is 49.2 Å². The maximum absolute atomic E-state index is 12.2. The largest absolute Gasteiger partial charge is 0.350 e. The van der Waals surface area contributed by atoms with Crippen molar-refractivity contribution < 1.29 is 4.79 Å². The van der Waals surface area contributed by atoms with Crippen LogP contribution in [0.25, 0.3) is 10.9 Å². The number of aryl methyl sites for hydroxylation is 1. The summed E-state index contributed by atoms with van der Waals surface area (Å²) < 4.78 is 1.97. The number of aromatic nitrogens is 1. The Morgan fingerprint density at radius 2 is 1.95 bits per heavy atom. The first-order chi connectivity index (χ1) is 9.25. The van der Waals surface area contributed by atoms with Crippen LogP contribution in [0.3, 0.4) is 0 Å². The predicted molar refractivity (Wildman–Crippen MR) is 75.8 cm³/mol. The number of carbonyl (C=O) groups excluding carboxylic acids is 1. The monoisotopic (exact) mass is 252 g/mol. The summed E-state index contributed by atoms with van der Waals surface area (Å²) in [4.78, 5) is 14.2. The molecule has 0 atom stereocenters. The predicted octanol–water partition coefficient (Wildman–Crippen LogP) is 2.42. The number of likely N-dealkylation sites (tertiary alicyclic amines) is 1. The van der Waals surface area contributed by atoms with Crippen LogP contribution in [0.15, 0.2) is 30.5 Å². The number of rotatable bonds is 1. The SMILES string of the molecule is Cn1cc(C(=O)C#CN2CCCC2)c2ccccc21. The van der Waals surface area contributed by atoms with E-state index < -0.39 is 0 Å². The number of hydrogen-bond acceptors (Lipinski definition) is 2. The quantitative estimate of drug-likeness (QED) is 0.575. The molecule has 0 N–H and O–H groups in total. The lowest BCUT2D eigenvalue weighted by Gasteiger charge is -2.04. The Balaban J connectivity index is 1.93. The second-order valence-electron chi connectivity index (χ2n) is 4.93. The molecule has 1 aromatic heterocycles. The minimum atomic E-state index is -0.0938. The van der Waals surface area contributed by atoms with Gasteiger partial charge in [0.25, 0.3) is 0 Å². The van der Waals surface area contributed by atoms with Crippen LogP contribution in [-0.2, 0) is 7.05 Å². The van der Waals surface area contributed by atoms with Crippen LogP contribution >= 0.6 is 0 Å². The summed E-state index contributed by atoms with van der Waals surface area (Å²) in [6.45, 7) is 1.96. The molecule has 19 heavy (non-hydrogen) atoms. The van der Waals surface area contributed by atoms with E-state index in [0.29, 0.717) is 5.56 Å². The lowest BCUT2D eigenvalue weighted by molar-refractivity contribution is 0.105. The Hall–Kier alpha value is -2.21. The third kappa shape index (κ3) is 2.22. The minimum Gasteiger partial charge on any atom is -0.350 e. The molecule has 96 valence electrons. The molecular formula is C16H16N2O. The van der Waals surface area contributed by atoms with Crippen molar-refractivity contribution in [3.05, 3.63) is 36.0 Å². The molecule has 1 aliphatic rings. The summed E-state index contributed by atoms with van der Waals surface area (Å²) in [6.07, 6.45) is 4.22. The second kappa shape index (κ2) is 4.81. The average Bonchev–Trinajstić information content (AvgIpc) is 3.05. The van der Waals surface area contributed by atoms with Gasteiger partial charge in [0.1, 0.15) is 0 Å². The van der Waals surface area contributed by atoms with Crippen LogP contribution in [0.2, 0.25) is 0 Å². The molecule has 0 radical (unpaired) electrons. The van der Waals surface area contributed by atoms with Crippen LogP contribution in [-0.4, -0.2) is 28.3 Å². The Morgan fingerprint density at radius 3 is 2.74 bits per heavy atom. The molecule has 3 rings (SSSR count). The van der Waals surface area contributed by atoms with E-state index in [-0.39, 0.29) is 5.78 Å². The van der Waals surface area contributed by atoms with Gasteiger partial charge in [-0.2, -0.15) is 0 Å². The zero-order chi connectivity index (χ0) is 13.2. The van der Waals surface area contributed by atoms with Crippen molar-refractivity contribution in [3.63, 3.8) is 0 Å². The second-order valence-corrected chi connectivity index (χ2v) is 4.93. The van der Waals surface area contributed by atoms with Crippen molar-refractivity contribution in [2.24, 2.45) is 7.05 Å². The maximum atomic E-state index is 12.2. The van der Waals surface area contributed by atoms with Crippen molar-refractivity contribution in [1.82, 2.24) is 9.47 Å². The summed E-state index contributed by atoms with van der Waals surface area (Å²) in [5.74, 6) is 2.68. The van der Waals surface area contributed by atoms with Crippen molar-refractivity contribution in [2.45, 2.75) is 12.8 Å². The summed E-state index contributed by atoms with van der Waals surface area (Å²) in [7, 11) is 1.95. The summed E-state index contributed by atoms with van der Waals surface area (Å²) in [6, 6.07) is 10.9. The molecular weight excluding hydrogens is 236 g/mol. The van der Waals surface area contributed by atoms with Gasteiger partial charge in [0.2, 0.25) is 5.78 Å². The van der Waals surface area contributed by atoms with Crippen molar-refractivity contribution >= 4 is 16.7 Å². The first-order valence-electron chi connectivity index (χ1n) is 6.61. The highest BCUT2D eigenvalue weighted by molar-refractivity contribution is 6.16. The van der Waals surface area contributed by atoms with Gasteiger partial charge in [-0.15, -0.1) is 0 Å². The van der Waals surface area contributed by atoms with Gasteiger partial charge in [-0.05, 0) is 18.9 Å². The molecule has 0 bridgehead atoms. The van der Waals surface area contributed by atoms with E-state index in [4.69, 9.17) is 0 Å². The first kappa shape index (κ1) is 11.9.